The molecule has 1 aliphatic carbocycles. The molecule has 3 N–H and O–H groups in total. The van der Waals surface area contributed by atoms with Gasteiger partial charge >= 0.3 is 6.03 Å². The summed E-state index contributed by atoms with van der Waals surface area (Å²) in [5, 5.41) is 13.1. The first-order chi connectivity index (χ1) is 14.6. The molecule has 0 aliphatic heterocycles. The molecule has 0 spiro atoms. The molecule has 0 saturated heterocycles. The van der Waals surface area contributed by atoms with Gasteiger partial charge in [0.05, 0.1) is 12.6 Å². The van der Waals surface area contributed by atoms with E-state index >= 15 is 0 Å². The van der Waals surface area contributed by atoms with Gasteiger partial charge in [-0.1, -0.05) is 31.2 Å². The number of carbonyl (C=O) groups excluding carboxylic acids is 1. The van der Waals surface area contributed by atoms with E-state index in [1.165, 1.54) is 5.56 Å². The first-order valence-electron chi connectivity index (χ1n) is 10.5. The van der Waals surface area contributed by atoms with Crippen LogP contribution in [0.25, 0.3) is 10.9 Å². The third-order valence-corrected chi connectivity index (χ3v) is 5.83. The summed E-state index contributed by atoms with van der Waals surface area (Å²) in [6.07, 6.45) is 3.63. The van der Waals surface area contributed by atoms with Crippen LogP contribution in [-0.4, -0.2) is 34.2 Å². The van der Waals surface area contributed by atoms with E-state index in [-0.39, 0.29) is 30.7 Å². The largest absolute Gasteiger partial charge is 0.395 e. The fourth-order valence-corrected chi connectivity index (χ4v) is 4.32. The smallest absolute Gasteiger partial charge is 0.322 e. The van der Waals surface area contributed by atoms with Gasteiger partial charge in [0.2, 0.25) is 0 Å². The van der Waals surface area contributed by atoms with Gasteiger partial charge in [0.1, 0.15) is 0 Å². The van der Waals surface area contributed by atoms with E-state index in [1.54, 1.807) is 23.1 Å². The van der Waals surface area contributed by atoms with E-state index in [9.17, 15) is 14.7 Å². The summed E-state index contributed by atoms with van der Waals surface area (Å²) in [5.74, 6) is 0. The van der Waals surface area contributed by atoms with Gasteiger partial charge in [0.25, 0.3) is 0 Å². The van der Waals surface area contributed by atoms with Crippen molar-refractivity contribution in [3.05, 3.63) is 75.6 Å². The lowest BCUT2D eigenvalue weighted by Gasteiger charge is -2.35. The van der Waals surface area contributed by atoms with Crippen molar-refractivity contribution >= 4 is 22.6 Å². The number of H-pyrrole nitrogens is 1. The van der Waals surface area contributed by atoms with Crippen molar-refractivity contribution in [2.45, 2.75) is 38.6 Å². The molecule has 2 amide bonds. The summed E-state index contributed by atoms with van der Waals surface area (Å²) in [6.45, 7) is 2.13. The van der Waals surface area contributed by atoms with Crippen molar-refractivity contribution in [2.75, 3.05) is 18.5 Å². The van der Waals surface area contributed by atoms with Gasteiger partial charge in [-0.3, -0.25) is 4.79 Å². The lowest BCUT2D eigenvalue weighted by Crippen LogP contribution is -2.41. The Hall–Kier alpha value is -3.12. The Balaban J connectivity index is 1.61. The Morgan fingerprint density at radius 3 is 2.87 bits per heavy atom. The topological polar surface area (TPSA) is 85.4 Å². The van der Waals surface area contributed by atoms with E-state index in [4.69, 9.17) is 0 Å². The minimum absolute atomic E-state index is 0.0647. The number of fused-ring (bicyclic) bond motifs is 2. The normalized spacial score (nSPS) is 15.6. The predicted molar refractivity (Wildman–Crippen MR) is 119 cm³/mol. The van der Waals surface area contributed by atoms with Crippen molar-refractivity contribution in [3.8, 4) is 0 Å². The molecule has 0 bridgehead atoms. The average Bonchev–Trinajstić information content (AvgIpc) is 2.77. The Morgan fingerprint density at radius 1 is 1.23 bits per heavy atom. The van der Waals surface area contributed by atoms with E-state index in [0.717, 1.165) is 42.5 Å². The van der Waals surface area contributed by atoms with Crippen LogP contribution in [0.2, 0.25) is 0 Å². The number of pyridine rings is 1. The van der Waals surface area contributed by atoms with Crippen molar-refractivity contribution in [3.63, 3.8) is 0 Å². The number of amides is 2. The third-order valence-electron chi connectivity index (χ3n) is 5.83. The molecule has 1 atom stereocenters. The summed E-state index contributed by atoms with van der Waals surface area (Å²) < 4.78 is 0. The van der Waals surface area contributed by atoms with Gasteiger partial charge in [-0.2, -0.15) is 0 Å². The number of anilines is 1. The van der Waals surface area contributed by atoms with Gasteiger partial charge < -0.3 is 20.3 Å². The summed E-state index contributed by atoms with van der Waals surface area (Å²) >= 11 is 0. The van der Waals surface area contributed by atoms with Crippen LogP contribution in [0.3, 0.4) is 0 Å². The number of benzene rings is 2. The molecule has 0 saturated carbocycles. The fourth-order valence-electron chi connectivity index (χ4n) is 4.32. The first-order valence-corrected chi connectivity index (χ1v) is 10.5. The van der Waals surface area contributed by atoms with Crippen molar-refractivity contribution < 1.29 is 9.90 Å². The van der Waals surface area contributed by atoms with E-state index < -0.39 is 0 Å². The van der Waals surface area contributed by atoms with Crippen LogP contribution in [0.4, 0.5) is 10.5 Å². The molecule has 1 aromatic heterocycles. The number of aryl methyl sites for hydroxylation is 2. The molecule has 6 heteroatoms. The summed E-state index contributed by atoms with van der Waals surface area (Å²) in [6, 6.07) is 14.8. The number of carbonyl (C=O) groups is 1. The van der Waals surface area contributed by atoms with E-state index in [2.05, 4.69) is 22.4 Å². The van der Waals surface area contributed by atoms with Gasteiger partial charge in [0.15, 0.2) is 5.43 Å². The molecule has 3 aromatic rings. The van der Waals surface area contributed by atoms with Crippen molar-refractivity contribution in [2.24, 2.45) is 0 Å². The average molecular weight is 405 g/mol. The molecule has 6 nitrogen and oxygen atoms in total. The van der Waals surface area contributed by atoms with Crippen LogP contribution in [0.1, 0.15) is 42.6 Å². The minimum atomic E-state index is -0.272. The summed E-state index contributed by atoms with van der Waals surface area (Å²) in [5.41, 5.74) is 4.54. The second-order valence-electron chi connectivity index (χ2n) is 7.73. The first kappa shape index (κ1) is 20.2. The van der Waals surface area contributed by atoms with Crippen LogP contribution >= 0.6 is 0 Å². The maximum absolute atomic E-state index is 13.2. The molecule has 0 radical (unpaired) electrons. The van der Waals surface area contributed by atoms with Crippen molar-refractivity contribution in [1.82, 2.24) is 9.88 Å². The molecular formula is C24H27N3O3. The number of hydrogen-bond acceptors (Lipinski definition) is 3. The third kappa shape index (κ3) is 3.96. The Morgan fingerprint density at radius 2 is 2.07 bits per heavy atom. The van der Waals surface area contributed by atoms with Crippen LogP contribution < -0.4 is 10.7 Å². The molecule has 156 valence electrons. The zero-order chi connectivity index (χ0) is 21.1. The zero-order valence-electron chi connectivity index (χ0n) is 17.1. The number of urea groups is 1. The monoisotopic (exact) mass is 405 g/mol. The predicted octanol–water partition coefficient (Wildman–Crippen LogP) is 3.99. The Kier molecular flexibility index (Phi) is 5.86. The summed E-state index contributed by atoms with van der Waals surface area (Å²) in [7, 11) is 0. The van der Waals surface area contributed by atoms with Crippen LogP contribution in [0.5, 0.6) is 0 Å². The van der Waals surface area contributed by atoms with Crippen molar-refractivity contribution in [1.29, 1.82) is 0 Å². The molecule has 1 aliphatic rings. The number of nitrogens with zero attached hydrogens (tertiary/aromatic N) is 1. The van der Waals surface area contributed by atoms with E-state index in [1.807, 2.05) is 25.1 Å². The quantitative estimate of drug-likeness (QED) is 0.600. The SMILES string of the molecule is CCc1cc(=O)c2cc(NC(=O)N(CCO)[C@@H]3CCCc4ccccc43)ccc2[nH]1. The van der Waals surface area contributed by atoms with E-state index in [0.29, 0.717) is 11.1 Å². The minimum Gasteiger partial charge on any atom is -0.395 e. The standard InChI is InChI=1S/C24H27N3O3/c1-2-17-15-23(29)20-14-18(10-11-21(20)25-17)26-24(30)27(12-13-28)22-9-5-7-16-6-3-4-8-19(16)22/h3-4,6,8,10-11,14-15,22,28H,2,5,7,9,12-13H2,1H3,(H,25,29)(H,26,30)/t22-/m1/s1. The number of nitrogens with one attached hydrogen (secondary N) is 2. The maximum atomic E-state index is 13.2. The molecule has 1 heterocycles. The molecule has 0 fully saturated rings. The lowest BCUT2D eigenvalue weighted by molar-refractivity contribution is 0.155. The number of aliphatic hydroxyl groups is 1. The number of rotatable bonds is 5. The van der Waals surface area contributed by atoms with Crippen LogP contribution in [0, 0.1) is 0 Å². The van der Waals surface area contributed by atoms with Crippen LogP contribution in [-0.2, 0) is 12.8 Å². The Bertz CT molecular complexity index is 1120. The molecule has 0 unspecified atom stereocenters. The highest BCUT2D eigenvalue weighted by Crippen LogP contribution is 2.34. The van der Waals surface area contributed by atoms with Gasteiger partial charge in [-0.05, 0) is 55.0 Å². The second-order valence-corrected chi connectivity index (χ2v) is 7.73. The molecule has 30 heavy (non-hydrogen) atoms. The lowest BCUT2D eigenvalue weighted by atomic mass is 9.87. The number of aliphatic hydroxyl groups excluding tert-OH is 1. The van der Waals surface area contributed by atoms with Gasteiger partial charge in [-0.25, -0.2) is 4.79 Å². The van der Waals surface area contributed by atoms with Crippen LogP contribution in [0.15, 0.2) is 53.3 Å². The highest BCUT2D eigenvalue weighted by atomic mass is 16.3. The highest BCUT2D eigenvalue weighted by Gasteiger charge is 2.29. The van der Waals surface area contributed by atoms with Gasteiger partial charge in [0, 0.05) is 34.9 Å². The molecule has 4 rings (SSSR count). The fraction of sp³-hybridized carbons (Fsp3) is 0.333. The molecule has 2 aromatic carbocycles. The number of hydrogen-bond donors (Lipinski definition) is 3. The van der Waals surface area contributed by atoms with Gasteiger partial charge in [-0.15, -0.1) is 0 Å². The molecular weight excluding hydrogens is 378 g/mol. The maximum Gasteiger partial charge on any atom is 0.322 e. The highest BCUT2D eigenvalue weighted by molar-refractivity contribution is 5.93. The number of aromatic nitrogens is 1. The second kappa shape index (κ2) is 8.71. The Labute approximate surface area is 175 Å². The zero-order valence-corrected chi connectivity index (χ0v) is 17.1. The number of aromatic amines is 1. The summed E-state index contributed by atoms with van der Waals surface area (Å²) in [4.78, 5) is 30.5.